The highest BCUT2D eigenvalue weighted by Crippen LogP contribution is 2.25. The van der Waals surface area contributed by atoms with E-state index in [1.54, 1.807) is 18.3 Å². The van der Waals surface area contributed by atoms with E-state index in [0.717, 1.165) is 18.0 Å². The van der Waals surface area contributed by atoms with E-state index in [0.29, 0.717) is 6.04 Å². The molecule has 0 radical (unpaired) electrons. The number of hydrogen-bond acceptors (Lipinski definition) is 4. The molecule has 0 saturated carbocycles. The van der Waals surface area contributed by atoms with Gasteiger partial charge in [-0.1, -0.05) is 0 Å². The Kier molecular flexibility index (Phi) is 4.17. The number of hydrogen-bond donors (Lipinski definition) is 1. The molecule has 0 aromatic carbocycles. The van der Waals surface area contributed by atoms with Gasteiger partial charge < -0.3 is 10.0 Å². The number of aliphatic hydroxyl groups is 1. The minimum Gasteiger partial charge on any atom is -0.387 e. The van der Waals surface area contributed by atoms with Crippen molar-refractivity contribution in [1.82, 2.24) is 9.88 Å². The molecule has 2 unspecified atom stereocenters. The van der Waals surface area contributed by atoms with Gasteiger partial charge in [0.25, 0.3) is 0 Å². The average Bonchev–Trinajstić information content (AvgIpc) is 2.87. The number of thiazole rings is 1. The first-order valence-electron chi connectivity index (χ1n) is 6.42. The highest BCUT2D eigenvalue weighted by molar-refractivity contribution is 7.09. The Labute approximate surface area is 107 Å². The van der Waals surface area contributed by atoms with Crippen molar-refractivity contribution in [2.75, 3.05) is 13.1 Å². The van der Waals surface area contributed by atoms with Gasteiger partial charge in [0.1, 0.15) is 0 Å². The molecule has 4 heteroatoms. The number of rotatable bonds is 4. The Morgan fingerprint density at radius 3 is 2.82 bits per heavy atom. The Morgan fingerprint density at radius 2 is 2.29 bits per heavy atom. The van der Waals surface area contributed by atoms with E-state index in [-0.39, 0.29) is 0 Å². The Bertz CT molecular complexity index is 362. The van der Waals surface area contributed by atoms with Crippen LogP contribution >= 0.6 is 11.3 Å². The predicted molar refractivity (Wildman–Crippen MR) is 71.3 cm³/mol. The maximum absolute atomic E-state index is 9.45. The fraction of sp³-hybridized carbons (Fsp3) is 0.769. The van der Waals surface area contributed by atoms with Crippen molar-refractivity contribution < 1.29 is 5.11 Å². The monoisotopic (exact) mass is 254 g/mol. The largest absolute Gasteiger partial charge is 0.387 e. The van der Waals surface area contributed by atoms with Crippen molar-refractivity contribution in [3.05, 3.63) is 16.1 Å². The smallest absolute Gasteiger partial charge is 0.0940 e. The third-order valence-electron chi connectivity index (χ3n) is 3.51. The minimum absolute atomic E-state index is 0.434. The van der Waals surface area contributed by atoms with Gasteiger partial charge in [-0.05, 0) is 39.7 Å². The molecule has 2 heterocycles. The first-order valence-corrected chi connectivity index (χ1v) is 7.30. The van der Waals surface area contributed by atoms with Crippen molar-refractivity contribution in [2.24, 2.45) is 5.92 Å². The van der Waals surface area contributed by atoms with E-state index in [9.17, 15) is 5.11 Å². The van der Waals surface area contributed by atoms with Gasteiger partial charge in [-0.3, -0.25) is 0 Å². The van der Waals surface area contributed by atoms with Gasteiger partial charge in [0.2, 0.25) is 0 Å². The molecule has 1 aliphatic rings. The second kappa shape index (κ2) is 5.46. The average molecular weight is 254 g/mol. The summed E-state index contributed by atoms with van der Waals surface area (Å²) >= 11 is 1.68. The van der Waals surface area contributed by atoms with Crippen molar-refractivity contribution in [1.29, 1.82) is 0 Å². The summed E-state index contributed by atoms with van der Waals surface area (Å²) in [5.41, 5.74) is 0.823. The Hall–Kier alpha value is -0.450. The van der Waals surface area contributed by atoms with Crippen LogP contribution in [0.15, 0.2) is 5.38 Å². The van der Waals surface area contributed by atoms with Gasteiger partial charge in [0.15, 0.2) is 0 Å². The van der Waals surface area contributed by atoms with Crippen LogP contribution in [-0.2, 0) is 6.42 Å². The molecule has 1 aromatic rings. The summed E-state index contributed by atoms with van der Waals surface area (Å²) in [6.07, 6.45) is 1.92. The van der Waals surface area contributed by atoms with Crippen molar-refractivity contribution in [3.8, 4) is 0 Å². The van der Waals surface area contributed by atoms with Crippen LogP contribution in [0.25, 0.3) is 0 Å². The van der Waals surface area contributed by atoms with Gasteiger partial charge in [0.05, 0.1) is 16.8 Å². The van der Waals surface area contributed by atoms with E-state index >= 15 is 0 Å². The van der Waals surface area contributed by atoms with Crippen molar-refractivity contribution in [3.63, 3.8) is 0 Å². The van der Waals surface area contributed by atoms with E-state index in [2.05, 4.69) is 23.7 Å². The van der Waals surface area contributed by atoms with Gasteiger partial charge in [-0.15, -0.1) is 11.3 Å². The maximum Gasteiger partial charge on any atom is 0.0940 e. The van der Waals surface area contributed by atoms with E-state index in [4.69, 9.17) is 0 Å². The second-order valence-electron chi connectivity index (χ2n) is 5.29. The molecule has 0 spiro atoms. The van der Waals surface area contributed by atoms with Crippen LogP contribution in [0, 0.1) is 5.92 Å². The van der Waals surface area contributed by atoms with E-state index in [1.165, 1.54) is 24.5 Å². The van der Waals surface area contributed by atoms with Gasteiger partial charge in [-0.2, -0.15) is 0 Å². The number of aromatic nitrogens is 1. The summed E-state index contributed by atoms with van der Waals surface area (Å²) < 4.78 is 0. The quantitative estimate of drug-likeness (QED) is 0.896. The van der Waals surface area contributed by atoms with Crippen LogP contribution < -0.4 is 0 Å². The zero-order chi connectivity index (χ0) is 12.4. The van der Waals surface area contributed by atoms with Crippen LogP contribution in [0.5, 0.6) is 0 Å². The lowest BCUT2D eigenvalue weighted by Crippen LogP contribution is -2.28. The molecule has 2 atom stereocenters. The molecule has 96 valence electrons. The SMILES string of the molecule is CC(O)c1csc(CC2CCN(C(C)C)C2)n1. The van der Waals surface area contributed by atoms with Gasteiger partial charge in [-0.25, -0.2) is 4.98 Å². The molecule has 17 heavy (non-hydrogen) atoms. The summed E-state index contributed by atoms with van der Waals surface area (Å²) in [5.74, 6) is 0.741. The molecule has 1 N–H and O–H groups in total. The molecule has 0 amide bonds. The van der Waals surface area contributed by atoms with Crippen LogP contribution in [-0.4, -0.2) is 34.1 Å². The molecule has 1 saturated heterocycles. The lowest BCUT2D eigenvalue weighted by molar-refractivity contribution is 0.195. The minimum atomic E-state index is -0.434. The van der Waals surface area contributed by atoms with Crippen LogP contribution in [0.3, 0.4) is 0 Å². The topological polar surface area (TPSA) is 36.4 Å². The molecule has 0 aliphatic carbocycles. The standard InChI is InChI=1S/C13H22N2OS/c1-9(2)15-5-4-11(7-15)6-13-14-12(8-17-13)10(3)16/h8-11,16H,4-7H2,1-3H3. The Morgan fingerprint density at radius 1 is 1.53 bits per heavy atom. The molecule has 1 aliphatic heterocycles. The lowest BCUT2D eigenvalue weighted by atomic mass is 10.1. The third kappa shape index (κ3) is 3.27. The number of likely N-dealkylation sites (tertiary alicyclic amines) is 1. The lowest BCUT2D eigenvalue weighted by Gasteiger charge is -2.19. The summed E-state index contributed by atoms with van der Waals surface area (Å²) in [5, 5.41) is 12.6. The summed E-state index contributed by atoms with van der Waals surface area (Å²) in [7, 11) is 0. The third-order valence-corrected chi connectivity index (χ3v) is 4.40. The summed E-state index contributed by atoms with van der Waals surface area (Å²) in [6.45, 7) is 8.71. The van der Waals surface area contributed by atoms with E-state index in [1.807, 2.05) is 5.38 Å². The van der Waals surface area contributed by atoms with Crippen molar-refractivity contribution in [2.45, 2.75) is 45.8 Å². The van der Waals surface area contributed by atoms with Crippen LogP contribution in [0.1, 0.15) is 44.0 Å². The molecular formula is C13H22N2OS. The molecule has 1 aromatic heterocycles. The zero-order valence-electron chi connectivity index (χ0n) is 10.9. The molecule has 1 fully saturated rings. The molecule has 0 bridgehead atoms. The van der Waals surface area contributed by atoms with Gasteiger partial charge in [0, 0.05) is 24.4 Å². The summed E-state index contributed by atoms with van der Waals surface area (Å²) in [6, 6.07) is 0.657. The second-order valence-corrected chi connectivity index (χ2v) is 6.23. The normalized spacial score (nSPS) is 23.5. The Balaban J connectivity index is 1.89. The zero-order valence-corrected chi connectivity index (χ0v) is 11.7. The van der Waals surface area contributed by atoms with Crippen LogP contribution in [0.4, 0.5) is 0 Å². The highest BCUT2D eigenvalue weighted by Gasteiger charge is 2.25. The molecule has 2 rings (SSSR count). The highest BCUT2D eigenvalue weighted by atomic mass is 32.1. The number of aliphatic hydroxyl groups excluding tert-OH is 1. The first kappa shape index (κ1) is 13.0. The van der Waals surface area contributed by atoms with E-state index < -0.39 is 6.10 Å². The fourth-order valence-corrected chi connectivity index (χ4v) is 3.35. The fourth-order valence-electron chi connectivity index (χ4n) is 2.36. The molecular weight excluding hydrogens is 232 g/mol. The maximum atomic E-state index is 9.45. The van der Waals surface area contributed by atoms with Gasteiger partial charge >= 0.3 is 0 Å². The van der Waals surface area contributed by atoms with Crippen molar-refractivity contribution >= 4 is 11.3 Å². The first-order chi connectivity index (χ1) is 8.06. The van der Waals surface area contributed by atoms with Crippen LogP contribution in [0.2, 0.25) is 0 Å². The predicted octanol–water partition coefficient (Wildman–Crippen LogP) is 2.47. The molecule has 3 nitrogen and oxygen atoms in total. The summed E-state index contributed by atoms with van der Waals surface area (Å²) in [4.78, 5) is 7.03. The number of nitrogens with zero attached hydrogens (tertiary/aromatic N) is 2.